The zero-order chi connectivity index (χ0) is 20.1. The van der Waals surface area contributed by atoms with E-state index in [4.69, 9.17) is 11.6 Å². The SMILES string of the molecule is O=C(CCc1cccc(Cl)c1)N1CCC[C@H]1c1ccc(Nc2ncccn2)cn1. The smallest absolute Gasteiger partial charge is 0.227 e. The number of hydrogen-bond acceptors (Lipinski definition) is 5. The summed E-state index contributed by atoms with van der Waals surface area (Å²) in [5.41, 5.74) is 2.81. The van der Waals surface area contributed by atoms with Crippen LogP contribution in [0.15, 0.2) is 61.1 Å². The second-order valence-electron chi connectivity index (χ2n) is 7.04. The van der Waals surface area contributed by atoms with Gasteiger partial charge in [0.15, 0.2) is 0 Å². The van der Waals surface area contributed by atoms with Crippen LogP contribution in [0.4, 0.5) is 11.6 Å². The molecule has 7 heteroatoms. The number of nitrogens with one attached hydrogen (secondary N) is 1. The fraction of sp³-hybridized carbons (Fsp3) is 0.273. The summed E-state index contributed by atoms with van der Waals surface area (Å²) in [7, 11) is 0. The van der Waals surface area contributed by atoms with Gasteiger partial charge in [0.1, 0.15) is 0 Å². The van der Waals surface area contributed by atoms with Gasteiger partial charge in [-0.05, 0) is 55.2 Å². The molecule has 1 N–H and O–H groups in total. The van der Waals surface area contributed by atoms with E-state index in [0.717, 1.165) is 36.3 Å². The molecule has 0 saturated carbocycles. The highest BCUT2D eigenvalue weighted by molar-refractivity contribution is 6.30. The van der Waals surface area contributed by atoms with Crippen molar-refractivity contribution in [2.45, 2.75) is 31.7 Å². The Kier molecular flexibility index (Phi) is 6.00. The predicted molar refractivity (Wildman–Crippen MR) is 113 cm³/mol. The van der Waals surface area contributed by atoms with E-state index in [1.54, 1.807) is 24.7 Å². The fourth-order valence-corrected chi connectivity index (χ4v) is 3.84. The molecule has 1 fully saturated rings. The molecular formula is C22H22ClN5O. The number of hydrogen-bond donors (Lipinski definition) is 1. The number of anilines is 2. The number of pyridine rings is 1. The van der Waals surface area contributed by atoms with E-state index in [-0.39, 0.29) is 11.9 Å². The van der Waals surface area contributed by atoms with Crippen LogP contribution >= 0.6 is 11.6 Å². The average Bonchev–Trinajstić information content (AvgIpc) is 3.23. The maximum atomic E-state index is 12.8. The second kappa shape index (κ2) is 9.01. The van der Waals surface area contributed by atoms with Crippen molar-refractivity contribution >= 4 is 29.1 Å². The maximum absolute atomic E-state index is 12.8. The first kappa shape index (κ1) is 19.3. The topological polar surface area (TPSA) is 71.0 Å². The van der Waals surface area contributed by atoms with Crippen molar-refractivity contribution in [2.75, 3.05) is 11.9 Å². The van der Waals surface area contributed by atoms with Crippen LogP contribution in [0.2, 0.25) is 5.02 Å². The number of carbonyl (C=O) groups excluding carboxylic acids is 1. The van der Waals surface area contributed by atoms with Crippen LogP contribution in [-0.2, 0) is 11.2 Å². The summed E-state index contributed by atoms with van der Waals surface area (Å²) in [4.78, 5) is 27.7. The number of aryl methyl sites for hydroxylation is 1. The molecule has 1 amide bonds. The summed E-state index contributed by atoms with van der Waals surface area (Å²) in [6, 6.07) is 13.4. The first-order valence-electron chi connectivity index (χ1n) is 9.73. The van der Waals surface area contributed by atoms with E-state index in [9.17, 15) is 4.79 Å². The van der Waals surface area contributed by atoms with Gasteiger partial charge in [0.25, 0.3) is 0 Å². The zero-order valence-corrected chi connectivity index (χ0v) is 16.7. The molecule has 0 aliphatic carbocycles. The van der Waals surface area contributed by atoms with Crippen molar-refractivity contribution in [3.05, 3.63) is 77.3 Å². The number of aromatic nitrogens is 3. The van der Waals surface area contributed by atoms with Crippen molar-refractivity contribution < 1.29 is 4.79 Å². The lowest BCUT2D eigenvalue weighted by molar-refractivity contribution is -0.132. The normalized spacial score (nSPS) is 16.0. The Morgan fingerprint density at radius 3 is 2.76 bits per heavy atom. The third-order valence-electron chi connectivity index (χ3n) is 5.04. The highest BCUT2D eigenvalue weighted by atomic mass is 35.5. The van der Waals surface area contributed by atoms with E-state index >= 15 is 0 Å². The van der Waals surface area contributed by atoms with Gasteiger partial charge in [-0.25, -0.2) is 9.97 Å². The van der Waals surface area contributed by atoms with Crippen molar-refractivity contribution in [3.8, 4) is 0 Å². The van der Waals surface area contributed by atoms with E-state index in [2.05, 4.69) is 20.3 Å². The van der Waals surface area contributed by atoms with Gasteiger partial charge < -0.3 is 10.2 Å². The second-order valence-corrected chi connectivity index (χ2v) is 7.48. The summed E-state index contributed by atoms with van der Waals surface area (Å²) >= 11 is 6.04. The van der Waals surface area contributed by atoms with Crippen LogP contribution in [0.5, 0.6) is 0 Å². The lowest BCUT2D eigenvalue weighted by atomic mass is 10.1. The molecule has 3 heterocycles. The number of rotatable bonds is 6. The van der Waals surface area contributed by atoms with Crippen LogP contribution in [-0.4, -0.2) is 32.3 Å². The van der Waals surface area contributed by atoms with Crippen LogP contribution in [0.3, 0.4) is 0 Å². The van der Waals surface area contributed by atoms with Crippen molar-refractivity contribution in [1.82, 2.24) is 19.9 Å². The Morgan fingerprint density at radius 2 is 2.00 bits per heavy atom. The predicted octanol–water partition coefficient (Wildman–Crippen LogP) is 4.56. The Morgan fingerprint density at radius 1 is 1.14 bits per heavy atom. The summed E-state index contributed by atoms with van der Waals surface area (Å²) in [5.74, 6) is 0.690. The molecule has 1 aliphatic rings. The molecule has 1 aliphatic heterocycles. The summed E-state index contributed by atoms with van der Waals surface area (Å²) in [5, 5.41) is 3.82. The van der Waals surface area contributed by atoms with E-state index in [0.29, 0.717) is 23.8 Å². The molecule has 1 aromatic carbocycles. The summed E-state index contributed by atoms with van der Waals surface area (Å²) < 4.78 is 0. The van der Waals surface area contributed by atoms with Crippen LogP contribution in [0.1, 0.15) is 36.6 Å². The average molecular weight is 408 g/mol. The summed E-state index contributed by atoms with van der Waals surface area (Å²) in [6.07, 6.45) is 8.22. The number of amides is 1. The van der Waals surface area contributed by atoms with E-state index in [1.165, 1.54) is 0 Å². The first-order valence-corrected chi connectivity index (χ1v) is 10.1. The van der Waals surface area contributed by atoms with Crippen LogP contribution in [0, 0.1) is 0 Å². The highest BCUT2D eigenvalue weighted by Crippen LogP contribution is 2.32. The molecule has 148 valence electrons. The third kappa shape index (κ3) is 4.90. The number of halogens is 1. The largest absolute Gasteiger partial charge is 0.334 e. The number of nitrogens with zero attached hydrogens (tertiary/aromatic N) is 4. The lowest BCUT2D eigenvalue weighted by Gasteiger charge is -2.24. The maximum Gasteiger partial charge on any atom is 0.227 e. The van der Waals surface area contributed by atoms with Gasteiger partial charge in [-0.15, -0.1) is 0 Å². The van der Waals surface area contributed by atoms with Gasteiger partial charge in [-0.3, -0.25) is 9.78 Å². The Labute approximate surface area is 175 Å². The van der Waals surface area contributed by atoms with Crippen LogP contribution < -0.4 is 5.32 Å². The number of likely N-dealkylation sites (tertiary alicyclic amines) is 1. The van der Waals surface area contributed by atoms with Gasteiger partial charge in [0, 0.05) is 30.4 Å². The first-order chi connectivity index (χ1) is 14.2. The molecular weight excluding hydrogens is 386 g/mol. The standard InChI is InChI=1S/C22H22ClN5O/c23-17-5-1-4-16(14-17)7-10-21(29)28-13-2-6-20(28)19-9-8-18(15-26-19)27-22-24-11-3-12-25-22/h1,3-5,8-9,11-12,14-15,20H,2,6-7,10,13H2,(H,24,25,27)/t20-/m0/s1. The van der Waals surface area contributed by atoms with Gasteiger partial charge >= 0.3 is 0 Å². The van der Waals surface area contributed by atoms with Gasteiger partial charge in [-0.2, -0.15) is 0 Å². The number of carbonyl (C=O) groups is 1. The molecule has 0 bridgehead atoms. The van der Waals surface area contributed by atoms with Crippen molar-refractivity contribution in [3.63, 3.8) is 0 Å². The van der Waals surface area contributed by atoms with E-state index < -0.39 is 0 Å². The Hall–Kier alpha value is -2.99. The molecule has 1 atom stereocenters. The fourth-order valence-electron chi connectivity index (χ4n) is 3.63. The van der Waals surface area contributed by atoms with Gasteiger partial charge in [0.2, 0.25) is 11.9 Å². The van der Waals surface area contributed by atoms with Crippen molar-refractivity contribution in [1.29, 1.82) is 0 Å². The molecule has 0 radical (unpaired) electrons. The Balaban J connectivity index is 1.39. The van der Waals surface area contributed by atoms with Gasteiger partial charge in [0.05, 0.1) is 23.6 Å². The third-order valence-corrected chi connectivity index (χ3v) is 5.27. The minimum atomic E-state index is 0.0314. The lowest BCUT2D eigenvalue weighted by Crippen LogP contribution is -2.31. The molecule has 1 saturated heterocycles. The monoisotopic (exact) mass is 407 g/mol. The van der Waals surface area contributed by atoms with E-state index in [1.807, 2.05) is 41.3 Å². The molecule has 4 rings (SSSR count). The Bertz CT molecular complexity index is 964. The quantitative estimate of drug-likeness (QED) is 0.648. The van der Waals surface area contributed by atoms with Gasteiger partial charge in [-0.1, -0.05) is 23.7 Å². The molecule has 6 nitrogen and oxygen atoms in total. The van der Waals surface area contributed by atoms with Crippen LogP contribution in [0.25, 0.3) is 0 Å². The van der Waals surface area contributed by atoms with Crippen molar-refractivity contribution in [2.24, 2.45) is 0 Å². The summed E-state index contributed by atoms with van der Waals surface area (Å²) in [6.45, 7) is 0.776. The minimum Gasteiger partial charge on any atom is -0.334 e. The number of benzene rings is 1. The molecule has 2 aromatic heterocycles. The molecule has 0 spiro atoms. The molecule has 0 unspecified atom stereocenters. The highest BCUT2D eigenvalue weighted by Gasteiger charge is 2.30. The zero-order valence-electron chi connectivity index (χ0n) is 16.0. The minimum absolute atomic E-state index is 0.0314. The molecule has 29 heavy (non-hydrogen) atoms. The molecule has 3 aromatic rings.